The maximum absolute atomic E-state index is 11.7. The fourth-order valence-electron chi connectivity index (χ4n) is 2.92. The van der Waals surface area contributed by atoms with E-state index < -0.39 is 5.41 Å². The molecule has 0 radical (unpaired) electrons. The fraction of sp³-hybridized carbons (Fsp3) is 0.667. The third-order valence-electron chi connectivity index (χ3n) is 4.29. The summed E-state index contributed by atoms with van der Waals surface area (Å²) in [6.07, 6.45) is 12.0. The Morgan fingerprint density at radius 2 is 2.11 bits per heavy atom. The van der Waals surface area contributed by atoms with Crippen LogP contribution in [0.25, 0.3) is 0 Å². The molecule has 2 aliphatic rings. The maximum Gasteiger partial charge on any atom is 0.227 e. The smallest absolute Gasteiger partial charge is 0.227 e. The first kappa shape index (κ1) is 14.3. The lowest BCUT2D eigenvalue weighted by Gasteiger charge is -2.32. The molecule has 1 saturated heterocycles. The largest absolute Gasteiger partial charge is 0.393 e. The molecule has 1 heterocycles. The number of hydrogen-bond donors (Lipinski definition) is 2. The minimum absolute atomic E-state index is 0.125. The molecule has 1 amide bonds. The van der Waals surface area contributed by atoms with Crippen LogP contribution >= 0.6 is 0 Å². The Kier molecular flexibility index (Phi) is 4.77. The highest BCUT2D eigenvalue weighted by Crippen LogP contribution is 2.33. The van der Waals surface area contributed by atoms with E-state index in [0.29, 0.717) is 0 Å². The average Bonchev–Trinajstić information content (AvgIpc) is 2.42. The van der Waals surface area contributed by atoms with Crippen molar-refractivity contribution in [3.8, 4) is 0 Å². The van der Waals surface area contributed by atoms with E-state index in [9.17, 15) is 9.90 Å². The Morgan fingerprint density at radius 3 is 2.68 bits per heavy atom. The van der Waals surface area contributed by atoms with Gasteiger partial charge in [-0.15, -0.1) is 0 Å². The van der Waals surface area contributed by atoms with E-state index >= 15 is 0 Å². The van der Waals surface area contributed by atoms with Crippen molar-refractivity contribution >= 4 is 5.91 Å². The standard InChI is InChI=1S/C15H24N2O2/c16-14(19)15(7-2-1-3-8-15)9-4-10-17-11-5-13(18)6-12-17/h1-3,7,13,18H,4-6,8-12H2,(H2,16,19). The predicted molar refractivity (Wildman–Crippen MR) is 75.4 cm³/mol. The van der Waals surface area contributed by atoms with Crippen LogP contribution in [0.2, 0.25) is 0 Å². The van der Waals surface area contributed by atoms with Crippen LogP contribution in [0.3, 0.4) is 0 Å². The summed E-state index contributed by atoms with van der Waals surface area (Å²) in [4.78, 5) is 14.1. The van der Waals surface area contributed by atoms with E-state index in [0.717, 1.165) is 51.7 Å². The third-order valence-corrected chi connectivity index (χ3v) is 4.29. The predicted octanol–water partition coefficient (Wildman–Crippen LogP) is 1.21. The van der Waals surface area contributed by atoms with Crippen molar-refractivity contribution in [1.29, 1.82) is 0 Å². The fourth-order valence-corrected chi connectivity index (χ4v) is 2.92. The van der Waals surface area contributed by atoms with Gasteiger partial charge in [0.05, 0.1) is 11.5 Å². The van der Waals surface area contributed by atoms with Crippen LogP contribution in [0.4, 0.5) is 0 Å². The number of carbonyl (C=O) groups excluding carboxylic acids is 1. The first-order valence-corrected chi connectivity index (χ1v) is 7.17. The lowest BCUT2D eigenvalue weighted by molar-refractivity contribution is -0.125. The number of rotatable bonds is 5. The minimum atomic E-state index is -0.482. The Hall–Kier alpha value is -1.13. The van der Waals surface area contributed by atoms with E-state index in [4.69, 9.17) is 5.73 Å². The molecule has 3 N–H and O–H groups in total. The number of nitrogens with zero attached hydrogens (tertiary/aromatic N) is 1. The van der Waals surface area contributed by atoms with Crippen molar-refractivity contribution in [2.45, 2.75) is 38.2 Å². The van der Waals surface area contributed by atoms with Crippen LogP contribution in [0.1, 0.15) is 32.1 Å². The minimum Gasteiger partial charge on any atom is -0.393 e. The van der Waals surface area contributed by atoms with Gasteiger partial charge in [-0.05, 0) is 38.6 Å². The van der Waals surface area contributed by atoms with Crippen LogP contribution in [-0.4, -0.2) is 41.7 Å². The number of carbonyl (C=O) groups is 1. The number of likely N-dealkylation sites (tertiary alicyclic amines) is 1. The summed E-state index contributed by atoms with van der Waals surface area (Å²) in [6, 6.07) is 0. The van der Waals surface area contributed by atoms with Gasteiger partial charge in [0.1, 0.15) is 0 Å². The molecule has 1 atom stereocenters. The molecular weight excluding hydrogens is 240 g/mol. The lowest BCUT2D eigenvalue weighted by atomic mass is 9.77. The van der Waals surface area contributed by atoms with Gasteiger partial charge in [0, 0.05) is 13.1 Å². The summed E-state index contributed by atoms with van der Waals surface area (Å²) in [7, 11) is 0. The SMILES string of the molecule is NC(=O)C1(CCCN2CCC(O)CC2)C=CC=CC1. The molecule has 2 rings (SSSR count). The van der Waals surface area contributed by atoms with Crippen molar-refractivity contribution in [1.82, 2.24) is 4.90 Å². The van der Waals surface area contributed by atoms with Gasteiger partial charge in [-0.2, -0.15) is 0 Å². The van der Waals surface area contributed by atoms with Crippen LogP contribution in [0.5, 0.6) is 0 Å². The van der Waals surface area contributed by atoms with Gasteiger partial charge in [0.15, 0.2) is 0 Å². The van der Waals surface area contributed by atoms with Gasteiger partial charge in [-0.1, -0.05) is 24.3 Å². The molecule has 1 aliphatic carbocycles. The zero-order chi connectivity index (χ0) is 13.7. The second-order valence-corrected chi connectivity index (χ2v) is 5.69. The van der Waals surface area contributed by atoms with Crippen LogP contribution in [0.15, 0.2) is 24.3 Å². The Labute approximate surface area is 115 Å². The molecule has 0 spiro atoms. The first-order valence-electron chi connectivity index (χ1n) is 7.17. The summed E-state index contributed by atoms with van der Waals surface area (Å²) in [5.74, 6) is -0.220. The average molecular weight is 264 g/mol. The first-order chi connectivity index (χ1) is 9.12. The number of piperidine rings is 1. The Balaban J connectivity index is 1.79. The van der Waals surface area contributed by atoms with Gasteiger partial charge < -0.3 is 15.7 Å². The second kappa shape index (κ2) is 6.35. The highest BCUT2D eigenvalue weighted by atomic mass is 16.3. The molecule has 0 saturated carbocycles. The van der Waals surface area contributed by atoms with Gasteiger partial charge in [-0.3, -0.25) is 4.79 Å². The van der Waals surface area contributed by atoms with Gasteiger partial charge >= 0.3 is 0 Å². The summed E-state index contributed by atoms with van der Waals surface area (Å²) in [5, 5.41) is 9.47. The Morgan fingerprint density at radius 1 is 1.37 bits per heavy atom. The molecule has 0 aromatic rings. The summed E-state index contributed by atoms with van der Waals surface area (Å²) >= 11 is 0. The van der Waals surface area contributed by atoms with Crippen molar-refractivity contribution in [3.05, 3.63) is 24.3 Å². The van der Waals surface area contributed by atoms with Crippen molar-refractivity contribution in [2.24, 2.45) is 11.1 Å². The number of amides is 1. The highest BCUT2D eigenvalue weighted by Gasteiger charge is 2.33. The van der Waals surface area contributed by atoms with Crippen molar-refractivity contribution in [3.63, 3.8) is 0 Å². The van der Waals surface area contributed by atoms with Crippen molar-refractivity contribution < 1.29 is 9.90 Å². The van der Waals surface area contributed by atoms with Gasteiger partial charge in [0.2, 0.25) is 5.91 Å². The summed E-state index contributed by atoms with van der Waals surface area (Å²) < 4.78 is 0. The quantitative estimate of drug-likeness (QED) is 0.784. The number of aliphatic hydroxyl groups excluding tert-OH is 1. The van der Waals surface area contributed by atoms with Gasteiger partial charge in [0.25, 0.3) is 0 Å². The molecule has 4 heteroatoms. The summed E-state index contributed by atoms with van der Waals surface area (Å²) in [6.45, 7) is 2.90. The van der Waals surface area contributed by atoms with Crippen LogP contribution in [0, 0.1) is 5.41 Å². The van der Waals surface area contributed by atoms with Crippen LogP contribution in [-0.2, 0) is 4.79 Å². The molecule has 1 aliphatic heterocycles. The number of nitrogens with two attached hydrogens (primary N) is 1. The molecule has 19 heavy (non-hydrogen) atoms. The van der Waals surface area contributed by atoms with Crippen LogP contribution < -0.4 is 5.73 Å². The van der Waals surface area contributed by atoms with E-state index in [-0.39, 0.29) is 12.0 Å². The maximum atomic E-state index is 11.7. The number of allylic oxidation sites excluding steroid dienone is 3. The molecule has 0 aromatic carbocycles. The summed E-state index contributed by atoms with van der Waals surface area (Å²) in [5.41, 5.74) is 5.09. The monoisotopic (exact) mass is 264 g/mol. The Bertz CT molecular complexity index is 370. The molecule has 1 fully saturated rings. The number of primary amides is 1. The molecule has 0 aromatic heterocycles. The second-order valence-electron chi connectivity index (χ2n) is 5.69. The number of aliphatic hydroxyl groups is 1. The normalized spacial score (nSPS) is 28.7. The van der Waals surface area contributed by atoms with E-state index in [1.165, 1.54) is 0 Å². The zero-order valence-electron chi connectivity index (χ0n) is 11.4. The third kappa shape index (κ3) is 3.67. The molecule has 1 unspecified atom stereocenters. The van der Waals surface area contributed by atoms with Crippen molar-refractivity contribution in [2.75, 3.05) is 19.6 Å². The zero-order valence-corrected chi connectivity index (χ0v) is 11.4. The van der Waals surface area contributed by atoms with Gasteiger partial charge in [-0.25, -0.2) is 0 Å². The number of hydrogen-bond acceptors (Lipinski definition) is 3. The topological polar surface area (TPSA) is 66.6 Å². The molecular formula is C15H24N2O2. The highest BCUT2D eigenvalue weighted by molar-refractivity contribution is 5.83. The van der Waals surface area contributed by atoms with E-state index in [1.807, 2.05) is 24.3 Å². The molecule has 106 valence electrons. The molecule has 0 bridgehead atoms. The van der Waals surface area contributed by atoms with E-state index in [2.05, 4.69) is 4.90 Å². The van der Waals surface area contributed by atoms with E-state index in [1.54, 1.807) is 0 Å². The lowest BCUT2D eigenvalue weighted by Crippen LogP contribution is -2.39. The molecule has 4 nitrogen and oxygen atoms in total.